The van der Waals surface area contributed by atoms with Crippen LogP contribution in [0.5, 0.6) is 0 Å². The number of hydrogen-bond acceptors (Lipinski definition) is 6. The van der Waals surface area contributed by atoms with Gasteiger partial charge < -0.3 is 14.5 Å². The lowest BCUT2D eigenvalue weighted by molar-refractivity contribution is 0.0156. The molecule has 206 valence electrons. The molecule has 4 aromatic rings. The highest BCUT2D eigenvalue weighted by molar-refractivity contribution is 6.36. The second kappa shape index (κ2) is 10.6. The Hall–Kier alpha value is -3.81. The quantitative estimate of drug-likeness (QED) is 0.195. The third-order valence-corrected chi connectivity index (χ3v) is 7.08. The van der Waals surface area contributed by atoms with Crippen molar-refractivity contribution in [3.05, 3.63) is 69.9 Å². The average Bonchev–Trinajstić information content (AvgIpc) is 2.90. The van der Waals surface area contributed by atoms with E-state index >= 15 is 4.39 Å². The van der Waals surface area contributed by atoms with Gasteiger partial charge in [0.05, 0.1) is 10.4 Å². The van der Waals surface area contributed by atoms with Gasteiger partial charge in [-0.15, -0.1) is 0 Å². The maximum Gasteiger partial charge on any atom is 0.410 e. The van der Waals surface area contributed by atoms with Crippen LogP contribution in [0, 0.1) is 18.2 Å². The van der Waals surface area contributed by atoms with Gasteiger partial charge in [-0.3, -0.25) is 9.88 Å². The fourth-order valence-corrected chi connectivity index (χ4v) is 5.26. The molecule has 1 aliphatic heterocycles. The summed E-state index contributed by atoms with van der Waals surface area (Å²) in [5.41, 5.74) is -0.512. The van der Waals surface area contributed by atoms with Crippen LogP contribution in [-0.2, 0) is 4.74 Å². The van der Waals surface area contributed by atoms with Crippen molar-refractivity contribution in [2.45, 2.75) is 32.4 Å². The van der Waals surface area contributed by atoms with E-state index in [1.165, 1.54) is 17.2 Å². The molecule has 0 saturated carbocycles. The zero-order valence-electron chi connectivity index (χ0n) is 21.9. The summed E-state index contributed by atoms with van der Waals surface area (Å²) in [5.74, 6) is -1.07. The van der Waals surface area contributed by atoms with Crippen LogP contribution in [0.4, 0.5) is 19.4 Å². The second-order valence-electron chi connectivity index (χ2n) is 10.4. The van der Waals surface area contributed by atoms with E-state index in [0.717, 1.165) is 0 Å². The molecule has 2 aromatic heterocycles. The first-order chi connectivity index (χ1) is 19.0. The molecule has 0 bridgehead atoms. The number of carbonyl (C=O) groups is 1. The summed E-state index contributed by atoms with van der Waals surface area (Å²) in [7, 11) is 0. The molecule has 0 spiro atoms. The van der Waals surface area contributed by atoms with E-state index < -0.39 is 29.4 Å². The van der Waals surface area contributed by atoms with Crippen LogP contribution in [0.25, 0.3) is 37.8 Å². The molecule has 5 rings (SSSR count). The molecule has 1 amide bonds. The van der Waals surface area contributed by atoms with E-state index in [-0.39, 0.29) is 41.2 Å². The topological polar surface area (TPSA) is 75.8 Å². The number of fused-ring (bicyclic) bond motifs is 2. The fourth-order valence-electron chi connectivity index (χ4n) is 4.82. The van der Waals surface area contributed by atoms with Crippen molar-refractivity contribution in [3.8, 4) is 11.3 Å². The number of aromatic nitrogens is 3. The normalized spacial score (nSPS) is 15.9. The Morgan fingerprint density at radius 2 is 1.95 bits per heavy atom. The number of nitrogens with zero attached hydrogens (tertiary/aromatic N) is 6. The Morgan fingerprint density at radius 3 is 2.67 bits per heavy atom. The highest BCUT2D eigenvalue weighted by atomic mass is 35.5. The number of amides is 1. The van der Waals surface area contributed by atoms with Crippen LogP contribution in [0.1, 0.15) is 20.8 Å². The lowest BCUT2D eigenvalue weighted by Gasteiger charge is -2.40. The molecule has 1 aliphatic rings. The molecule has 12 heteroatoms. The van der Waals surface area contributed by atoms with Gasteiger partial charge in [0.25, 0.3) is 0 Å². The monoisotopic (exact) mass is 584 g/mol. The number of ether oxygens (including phenoxy) is 1. The van der Waals surface area contributed by atoms with E-state index in [9.17, 15) is 9.18 Å². The molecule has 0 aliphatic carbocycles. The zero-order valence-corrected chi connectivity index (χ0v) is 23.4. The van der Waals surface area contributed by atoms with Crippen LogP contribution in [-0.4, -0.2) is 63.8 Å². The third kappa shape index (κ3) is 5.19. The average molecular weight is 585 g/mol. The number of piperazine rings is 1. The van der Waals surface area contributed by atoms with Crippen LogP contribution < -0.4 is 4.90 Å². The summed E-state index contributed by atoms with van der Waals surface area (Å²) in [5, 5.41) is 0.938. The van der Waals surface area contributed by atoms with E-state index in [1.807, 2.05) is 4.90 Å². The van der Waals surface area contributed by atoms with Gasteiger partial charge in [0.15, 0.2) is 5.82 Å². The largest absolute Gasteiger partial charge is 0.444 e. The number of rotatable bonds is 3. The number of hydrogen-bond donors (Lipinski definition) is 0. The molecule has 8 nitrogen and oxygen atoms in total. The van der Waals surface area contributed by atoms with Crippen LogP contribution >= 0.6 is 23.2 Å². The SMILES string of the molecule is [C-]#[N+]C[C@H]1CN(c2nc(Cl)nc3c(F)c(-c4cccc5ccc(F)c(Cl)c45)ncc23)CCN1C(=O)OC(C)(C)C. The van der Waals surface area contributed by atoms with Crippen molar-refractivity contribution in [2.75, 3.05) is 31.1 Å². The van der Waals surface area contributed by atoms with Crippen molar-refractivity contribution in [3.63, 3.8) is 0 Å². The Labute approximate surface area is 239 Å². The van der Waals surface area contributed by atoms with E-state index in [1.54, 1.807) is 45.0 Å². The molecule has 0 N–H and O–H groups in total. The van der Waals surface area contributed by atoms with Crippen molar-refractivity contribution < 1.29 is 18.3 Å². The van der Waals surface area contributed by atoms with E-state index in [0.29, 0.717) is 34.1 Å². The standard InChI is InChI=1S/C28H24Cl2F2N6O2/c1-28(2,3)40-27(39)38-11-10-37(14-16(38)12-33-4)25-18-13-34-23(22(32)24(18)35-26(30)36-25)17-7-5-6-15-8-9-19(31)21(29)20(15)17/h5-9,13,16H,10-12,14H2,1-3H3/t16-/m0/s1. The lowest BCUT2D eigenvalue weighted by atomic mass is 10.0. The van der Waals surface area contributed by atoms with Gasteiger partial charge in [-0.05, 0) is 43.8 Å². The maximum atomic E-state index is 16.1. The molecule has 2 aromatic carbocycles. The van der Waals surface area contributed by atoms with E-state index in [2.05, 4.69) is 19.8 Å². The van der Waals surface area contributed by atoms with Gasteiger partial charge in [-0.25, -0.2) is 25.1 Å². The summed E-state index contributed by atoms with van der Waals surface area (Å²) >= 11 is 12.5. The van der Waals surface area contributed by atoms with Gasteiger partial charge in [0.2, 0.25) is 11.8 Å². The lowest BCUT2D eigenvalue weighted by Crippen LogP contribution is -2.57. The van der Waals surface area contributed by atoms with Crippen LogP contribution in [0.15, 0.2) is 36.5 Å². The minimum absolute atomic E-state index is 0.0433. The molecule has 1 saturated heterocycles. The Bertz CT molecular complexity index is 1690. The van der Waals surface area contributed by atoms with Crippen LogP contribution in [0.3, 0.4) is 0 Å². The maximum absolute atomic E-state index is 16.1. The molecular weight excluding hydrogens is 561 g/mol. The summed E-state index contributed by atoms with van der Waals surface area (Å²) in [6, 6.07) is 7.39. The van der Waals surface area contributed by atoms with Crippen LogP contribution in [0.2, 0.25) is 10.3 Å². The zero-order chi connectivity index (χ0) is 28.8. The number of anilines is 1. The number of carbonyl (C=O) groups excluding carboxylic acids is 1. The first-order valence-corrected chi connectivity index (χ1v) is 13.2. The molecule has 3 heterocycles. The summed E-state index contributed by atoms with van der Waals surface area (Å²) in [6.07, 6.45) is 0.934. The summed E-state index contributed by atoms with van der Waals surface area (Å²) in [4.78, 5) is 32.6. The molecule has 1 atom stereocenters. The number of benzene rings is 2. The van der Waals surface area contributed by atoms with Gasteiger partial charge in [0, 0.05) is 36.8 Å². The van der Waals surface area contributed by atoms with Gasteiger partial charge in [-0.1, -0.05) is 35.9 Å². The molecule has 0 radical (unpaired) electrons. The fraction of sp³-hybridized carbons (Fsp3) is 0.321. The molecular formula is C28H24Cl2F2N6O2. The van der Waals surface area contributed by atoms with Crippen molar-refractivity contribution >= 4 is 56.8 Å². The number of halogens is 4. The number of pyridine rings is 1. The Morgan fingerprint density at radius 1 is 1.18 bits per heavy atom. The predicted octanol–water partition coefficient (Wildman–Crippen LogP) is 6.77. The molecule has 0 unspecified atom stereocenters. The first-order valence-electron chi connectivity index (χ1n) is 12.4. The van der Waals surface area contributed by atoms with Crippen molar-refractivity contribution in [1.82, 2.24) is 19.9 Å². The summed E-state index contributed by atoms with van der Waals surface area (Å²) < 4.78 is 35.9. The van der Waals surface area contributed by atoms with Gasteiger partial charge in [0.1, 0.15) is 34.5 Å². The van der Waals surface area contributed by atoms with E-state index in [4.69, 9.17) is 34.5 Å². The van der Waals surface area contributed by atoms with Crippen molar-refractivity contribution in [2.24, 2.45) is 0 Å². The highest BCUT2D eigenvalue weighted by Crippen LogP contribution is 2.38. The highest BCUT2D eigenvalue weighted by Gasteiger charge is 2.36. The van der Waals surface area contributed by atoms with Crippen molar-refractivity contribution in [1.29, 1.82) is 0 Å². The Balaban J connectivity index is 1.56. The second-order valence-corrected chi connectivity index (χ2v) is 11.1. The Kier molecular flexibility index (Phi) is 7.38. The van der Waals surface area contributed by atoms with Gasteiger partial charge in [-0.2, -0.15) is 4.98 Å². The minimum atomic E-state index is -0.763. The molecule has 1 fully saturated rings. The predicted molar refractivity (Wildman–Crippen MR) is 151 cm³/mol. The summed E-state index contributed by atoms with van der Waals surface area (Å²) in [6.45, 7) is 13.6. The molecule has 40 heavy (non-hydrogen) atoms. The van der Waals surface area contributed by atoms with Gasteiger partial charge >= 0.3 is 6.09 Å². The first kappa shape index (κ1) is 27.7. The third-order valence-electron chi connectivity index (χ3n) is 6.54. The smallest absolute Gasteiger partial charge is 0.410 e. The minimum Gasteiger partial charge on any atom is -0.444 e.